The molecule has 0 fully saturated rings. The number of carboxylic acids is 1. The topological polar surface area (TPSA) is 257 Å². The Labute approximate surface area is 191 Å². The lowest BCUT2D eigenvalue weighted by Gasteiger charge is -2.26. The fourth-order valence-corrected chi connectivity index (χ4v) is 2.59. The van der Waals surface area contributed by atoms with Crippen LogP contribution in [0.5, 0.6) is 0 Å². The fraction of sp³-hybridized carbons (Fsp3) is 0.684. The Bertz CT molecular complexity index is 742. The molecule has 14 heteroatoms. The number of carboxylic acid groups (broad SMARTS) is 1. The van der Waals surface area contributed by atoms with Gasteiger partial charge in [0.1, 0.15) is 18.1 Å². The normalized spacial score (nSPS) is 15.5. The zero-order valence-corrected chi connectivity index (χ0v) is 18.9. The van der Waals surface area contributed by atoms with Gasteiger partial charge in [0.15, 0.2) is 0 Å². The van der Waals surface area contributed by atoms with E-state index < -0.39 is 65.8 Å². The summed E-state index contributed by atoms with van der Waals surface area (Å²) in [7, 11) is 0. The van der Waals surface area contributed by atoms with E-state index in [4.69, 9.17) is 17.2 Å². The number of hydrogen-bond acceptors (Lipinski definition) is 8. The number of nitrogens with two attached hydrogens (primary N) is 3. The Morgan fingerprint density at radius 3 is 1.61 bits per heavy atom. The molecule has 33 heavy (non-hydrogen) atoms. The van der Waals surface area contributed by atoms with Crippen molar-refractivity contribution >= 4 is 35.5 Å². The third-order valence-corrected chi connectivity index (χ3v) is 4.69. The summed E-state index contributed by atoms with van der Waals surface area (Å²) in [4.78, 5) is 71.0. The van der Waals surface area contributed by atoms with Crippen LogP contribution < -0.4 is 33.2 Å². The summed E-state index contributed by atoms with van der Waals surface area (Å²) in [5.74, 6) is -5.87. The Kier molecular flexibility index (Phi) is 12.6. The van der Waals surface area contributed by atoms with Gasteiger partial charge in [-0.2, -0.15) is 0 Å². The molecular formula is C19H34N6O8. The SMILES string of the molecule is CC(C)C(N)C(=O)NC(CCC(N)=O)C(=O)NC(C(=O)NC(CCC(N)=O)C(=O)O)C(C)O. The second-order valence-corrected chi connectivity index (χ2v) is 7.97. The fourth-order valence-electron chi connectivity index (χ4n) is 2.59. The summed E-state index contributed by atoms with van der Waals surface area (Å²) in [5, 5.41) is 25.9. The maximum Gasteiger partial charge on any atom is 0.326 e. The molecule has 5 amide bonds. The predicted octanol–water partition coefficient (Wildman–Crippen LogP) is -3.58. The van der Waals surface area contributed by atoms with E-state index in [0.29, 0.717) is 0 Å². The van der Waals surface area contributed by atoms with Gasteiger partial charge >= 0.3 is 5.97 Å². The molecule has 14 nitrogen and oxygen atoms in total. The first kappa shape index (κ1) is 29.7. The highest BCUT2D eigenvalue weighted by Crippen LogP contribution is 2.05. The summed E-state index contributed by atoms with van der Waals surface area (Å²) in [6, 6.07) is -5.38. The van der Waals surface area contributed by atoms with E-state index in [1.807, 2.05) is 0 Å². The lowest BCUT2D eigenvalue weighted by molar-refractivity contribution is -0.143. The number of aliphatic carboxylic acids is 1. The van der Waals surface area contributed by atoms with Crippen LogP contribution >= 0.6 is 0 Å². The van der Waals surface area contributed by atoms with Crippen LogP contribution in [0.1, 0.15) is 46.5 Å². The Morgan fingerprint density at radius 1 is 0.758 bits per heavy atom. The van der Waals surface area contributed by atoms with Gasteiger partial charge in [0, 0.05) is 12.8 Å². The quantitative estimate of drug-likeness (QED) is 0.116. The molecular weight excluding hydrogens is 440 g/mol. The zero-order valence-electron chi connectivity index (χ0n) is 18.9. The maximum atomic E-state index is 12.8. The van der Waals surface area contributed by atoms with Gasteiger partial charge in [-0.05, 0) is 25.7 Å². The Balaban J connectivity index is 5.49. The van der Waals surface area contributed by atoms with Gasteiger partial charge in [0.25, 0.3) is 0 Å². The minimum atomic E-state index is -1.61. The molecule has 0 radical (unpaired) electrons. The highest BCUT2D eigenvalue weighted by molar-refractivity contribution is 5.94. The molecule has 0 aliphatic carbocycles. The average Bonchev–Trinajstić information content (AvgIpc) is 2.70. The second-order valence-electron chi connectivity index (χ2n) is 7.97. The molecule has 0 saturated heterocycles. The van der Waals surface area contributed by atoms with E-state index in [2.05, 4.69) is 16.0 Å². The van der Waals surface area contributed by atoms with Crippen molar-refractivity contribution in [1.29, 1.82) is 0 Å². The van der Waals surface area contributed by atoms with Crippen LogP contribution in [-0.2, 0) is 28.8 Å². The van der Waals surface area contributed by atoms with Crippen molar-refractivity contribution in [2.75, 3.05) is 0 Å². The summed E-state index contributed by atoms with van der Waals surface area (Å²) >= 11 is 0. The number of nitrogens with one attached hydrogen (secondary N) is 3. The number of rotatable bonds is 15. The van der Waals surface area contributed by atoms with Crippen LogP contribution in [0.2, 0.25) is 0 Å². The lowest BCUT2D eigenvalue weighted by Crippen LogP contribution is -2.60. The number of aliphatic hydroxyl groups is 1. The summed E-state index contributed by atoms with van der Waals surface area (Å²) in [6.07, 6.45) is -2.57. The van der Waals surface area contributed by atoms with Crippen LogP contribution in [0.25, 0.3) is 0 Å². The molecule has 0 aromatic carbocycles. The number of carbonyl (C=O) groups is 6. The van der Waals surface area contributed by atoms with Gasteiger partial charge < -0.3 is 43.4 Å². The smallest absolute Gasteiger partial charge is 0.326 e. The van der Waals surface area contributed by atoms with Gasteiger partial charge in [-0.25, -0.2) is 4.79 Å². The molecule has 0 aromatic rings. The van der Waals surface area contributed by atoms with Crippen LogP contribution in [0.4, 0.5) is 0 Å². The van der Waals surface area contributed by atoms with Crippen molar-refractivity contribution in [2.45, 2.75) is 76.7 Å². The van der Waals surface area contributed by atoms with Crippen LogP contribution in [0.15, 0.2) is 0 Å². The van der Waals surface area contributed by atoms with E-state index in [9.17, 15) is 39.0 Å². The second kappa shape index (κ2) is 14.0. The molecule has 11 N–H and O–H groups in total. The standard InChI is InChI=1S/C19H34N6O8/c1-8(2)14(22)17(30)23-10(4-6-12(20)27)16(29)25-15(9(3)26)18(31)24-11(19(32)33)5-7-13(21)28/h8-11,14-15,26H,4-7,22H2,1-3H3,(H2,20,27)(H2,21,28)(H,23,30)(H,24,31)(H,25,29)(H,32,33). The molecule has 0 saturated carbocycles. The van der Waals surface area contributed by atoms with Gasteiger partial charge in [0.05, 0.1) is 12.1 Å². The first-order valence-electron chi connectivity index (χ1n) is 10.3. The zero-order chi connectivity index (χ0) is 25.9. The average molecular weight is 475 g/mol. The molecule has 0 aliphatic heterocycles. The summed E-state index contributed by atoms with van der Waals surface area (Å²) < 4.78 is 0. The maximum absolute atomic E-state index is 12.8. The molecule has 188 valence electrons. The van der Waals surface area contributed by atoms with Gasteiger partial charge in [0.2, 0.25) is 29.5 Å². The van der Waals surface area contributed by atoms with Crippen LogP contribution in [-0.4, -0.2) is 76.0 Å². The minimum Gasteiger partial charge on any atom is -0.480 e. The van der Waals surface area contributed by atoms with Crippen molar-refractivity contribution < 1.29 is 39.0 Å². The van der Waals surface area contributed by atoms with Crippen molar-refractivity contribution in [1.82, 2.24) is 16.0 Å². The van der Waals surface area contributed by atoms with Crippen molar-refractivity contribution in [3.05, 3.63) is 0 Å². The molecule has 0 heterocycles. The monoisotopic (exact) mass is 474 g/mol. The van der Waals surface area contributed by atoms with E-state index in [0.717, 1.165) is 0 Å². The molecule has 0 aromatic heterocycles. The summed E-state index contributed by atoms with van der Waals surface area (Å²) in [5.41, 5.74) is 15.9. The molecule has 0 bridgehead atoms. The third kappa shape index (κ3) is 11.2. The van der Waals surface area contributed by atoms with E-state index in [-0.39, 0.29) is 31.6 Å². The van der Waals surface area contributed by atoms with E-state index >= 15 is 0 Å². The van der Waals surface area contributed by atoms with Crippen LogP contribution in [0.3, 0.4) is 0 Å². The van der Waals surface area contributed by atoms with Gasteiger partial charge in [-0.1, -0.05) is 13.8 Å². The number of amides is 5. The van der Waals surface area contributed by atoms with Crippen molar-refractivity contribution in [2.24, 2.45) is 23.1 Å². The highest BCUT2D eigenvalue weighted by atomic mass is 16.4. The highest BCUT2D eigenvalue weighted by Gasteiger charge is 2.33. The van der Waals surface area contributed by atoms with E-state index in [1.165, 1.54) is 6.92 Å². The largest absolute Gasteiger partial charge is 0.480 e. The number of aliphatic hydroxyl groups excluding tert-OH is 1. The molecule has 0 spiro atoms. The van der Waals surface area contributed by atoms with Crippen molar-refractivity contribution in [3.63, 3.8) is 0 Å². The molecule has 0 rings (SSSR count). The molecule has 5 unspecified atom stereocenters. The predicted molar refractivity (Wildman–Crippen MR) is 115 cm³/mol. The Morgan fingerprint density at radius 2 is 1.21 bits per heavy atom. The first-order chi connectivity index (χ1) is 15.2. The number of primary amides is 2. The molecule has 5 atom stereocenters. The minimum absolute atomic E-state index is 0.206. The number of hydrogen-bond donors (Lipinski definition) is 8. The Hall–Kier alpha value is -3.26. The van der Waals surface area contributed by atoms with E-state index in [1.54, 1.807) is 13.8 Å². The molecule has 0 aliphatic rings. The first-order valence-corrected chi connectivity index (χ1v) is 10.3. The summed E-state index contributed by atoms with van der Waals surface area (Å²) in [6.45, 7) is 4.55. The lowest BCUT2D eigenvalue weighted by atomic mass is 10.0. The third-order valence-electron chi connectivity index (χ3n) is 4.69. The van der Waals surface area contributed by atoms with Crippen molar-refractivity contribution in [3.8, 4) is 0 Å². The van der Waals surface area contributed by atoms with Gasteiger partial charge in [-0.15, -0.1) is 0 Å². The number of carbonyl (C=O) groups excluding carboxylic acids is 5. The van der Waals surface area contributed by atoms with Crippen LogP contribution in [0, 0.1) is 5.92 Å². The van der Waals surface area contributed by atoms with Gasteiger partial charge in [-0.3, -0.25) is 24.0 Å².